The largest absolute Gasteiger partial charge is 0.494 e. The van der Waals surface area contributed by atoms with Crippen LogP contribution < -0.4 is 10.5 Å². The number of aryl methyl sites for hydroxylation is 3. The van der Waals surface area contributed by atoms with Gasteiger partial charge in [0, 0.05) is 49.4 Å². The number of fused-ring (bicyclic) bond motifs is 2. The number of carbonyl (C=O) groups is 1. The summed E-state index contributed by atoms with van der Waals surface area (Å²) in [5, 5.41) is 1.12. The number of hydrogen-bond donors (Lipinski definition) is 1. The fourth-order valence-corrected chi connectivity index (χ4v) is 6.39. The number of benzene rings is 1. The van der Waals surface area contributed by atoms with Crippen LogP contribution in [0.15, 0.2) is 30.3 Å². The van der Waals surface area contributed by atoms with E-state index in [-0.39, 0.29) is 11.9 Å². The van der Waals surface area contributed by atoms with Crippen molar-refractivity contribution in [2.45, 2.75) is 77.8 Å². The highest BCUT2D eigenvalue weighted by atomic mass is 16.5. The lowest BCUT2D eigenvalue weighted by molar-refractivity contribution is 0.0708. The third-order valence-corrected chi connectivity index (χ3v) is 9.15. The minimum atomic E-state index is -0.0156. The van der Waals surface area contributed by atoms with Crippen molar-refractivity contribution in [2.24, 2.45) is 24.6 Å². The fraction of sp³-hybridized carbons (Fsp3) is 0.545. The van der Waals surface area contributed by atoms with E-state index in [9.17, 15) is 4.79 Å². The van der Waals surface area contributed by atoms with Crippen molar-refractivity contribution in [1.82, 2.24) is 24.0 Å². The summed E-state index contributed by atoms with van der Waals surface area (Å²) in [6.07, 6.45) is 9.36. The van der Waals surface area contributed by atoms with Crippen LogP contribution in [-0.2, 0) is 20.0 Å². The number of amides is 1. The highest BCUT2D eigenvalue weighted by Gasteiger charge is 2.26. The minimum Gasteiger partial charge on any atom is -0.494 e. The predicted octanol–water partition coefficient (Wildman–Crippen LogP) is 5.94. The Morgan fingerprint density at radius 2 is 1.98 bits per heavy atom. The Balaban J connectivity index is 1.39. The van der Waals surface area contributed by atoms with Crippen molar-refractivity contribution in [3.05, 3.63) is 41.6 Å². The molecule has 1 amide bonds. The molecule has 1 aromatic carbocycles. The molecule has 3 aromatic heterocycles. The van der Waals surface area contributed by atoms with Gasteiger partial charge in [0.1, 0.15) is 16.9 Å². The maximum Gasteiger partial charge on any atom is 0.254 e. The summed E-state index contributed by atoms with van der Waals surface area (Å²) in [5.41, 5.74) is 11.6. The number of rotatable bonds is 10. The van der Waals surface area contributed by atoms with Crippen LogP contribution in [0.1, 0.15) is 74.8 Å². The first kappa shape index (κ1) is 27.8. The summed E-state index contributed by atoms with van der Waals surface area (Å²) in [6.45, 7) is 6.73. The SMILES string of the molecule is CCc1ccc2cc(-c3nc4cc(C(=O)N5CCCC(N)C5)cc(OC)c4n3C)n(CCC(C)CCC3CC3)c2n1. The van der Waals surface area contributed by atoms with Crippen molar-refractivity contribution in [3.63, 3.8) is 0 Å². The summed E-state index contributed by atoms with van der Waals surface area (Å²) in [4.78, 5) is 25.5. The molecule has 8 heteroatoms. The zero-order valence-corrected chi connectivity index (χ0v) is 25.0. The van der Waals surface area contributed by atoms with Crippen LogP contribution in [-0.4, -0.2) is 56.2 Å². The van der Waals surface area contributed by atoms with E-state index in [4.69, 9.17) is 20.4 Å². The molecule has 218 valence electrons. The second kappa shape index (κ2) is 11.5. The van der Waals surface area contributed by atoms with Gasteiger partial charge in [-0.25, -0.2) is 9.97 Å². The monoisotopic (exact) mass is 556 g/mol. The van der Waals surface area contributed by atoms with Gasteiger partial charge in [-0.1, -0.05) is 39.5 Å². The molecule has 8 nitrogen and oxygen atoms in total. The molecule has 1 aliphatic heterocycles. The molecule has 2 aliphatic rings. The molecule has 4 heterocycles. The van der Waals surface area contributed by atoms with E-state index < -0.39 is 0 Å². The molecule has 2 N–H and O–H groups in total. The summed E-state index contributed by atoms with van der Waals surface area (Å²) in [7, 11) is 3.69. The molecule has 6 rings (SSSR count). The fourth-order valence-electron chi connectivity index (χ4n) is 6.39. The van der Waals surface area contributed by atoms with Gasteiger partial charge in [-0.3, -0.25) is 4.79 Å². The number of ether oxygens (including phenoxy) is 1. The van der Waals surface area contributed by atoms with Gasteiger partial charge in [-0.2, -0.15) is 0 Å². The average molecular weight is 557 g/mol. The van der Waals surface area contributed by atoms with Crippen LogP contribution in [0.25, 0.3) is 33.6 Å². The zero-order chi connectivity index (χ0) is 28.7. The van der Waals surface area contributed by atoms with Gasteiger partial charge in [0.25, 0.3) is 5.91 Å². The van der Waals surface area contributed by atoms with Crippen LogP contribution in [0, 0.1) is 11.8 Å². The first-order valence-corrected chi connectivity index (χ1v) is 15.4. The third-order valence-electron chi connectivity index (χ3n) is 9.15. The van der Waals surface area contributed by atoms with Crippen molar-refractivity contribution in [1.29, 1.82) is 0 Å². The molecule has 0 spiro atoms. The number of hydrogen-bond acceptors (Lipinski definition) is 5. The second-order valence-electron chi connectivity index (χ2n) is 12.4. The molecular formula is C33H44N6O2. The third kappa shape index (κ3) is 5.59. The van der Waals surface area contributed by atoms with Gasteiger partial charge in [0.2, 0.25) is 0 Å². The number of pyridine rings is 1. The Kier molecular flexibility index (Phi) is 7.77. The lowest BCUT2D eigenvalue weighted by atomic mass is 10.00. The van der Waals surface area contributed by atoms with Gasteiger partial charge in [-0.05, 0) is 67.9 Å². The lowest BCUT2D eigenvalue weighted by Gasteiger charge is -2.30. The highest BCUT2D eigenvalue weighted by Crippen LogP contribution is 2.37. The van der Waals surface area contributed by atoms with Crippen LogP contribution in [0.2, 0.25) is 0 Å². The number of piperidine rings is 1. The molecule has 2 fully saturated rings. The first-order chi connectivity index (χ1) is 19.9. The average Bonchev–Trinajstić information content (AvgIpc) is 3.67. The summed E-state index contributed by atoms with van der Waals surface area (Å²) in [6, 6.07) is 10.3. The van der Waals surface area contributed by atoms with E-state index in [0.29, 0.717) is 23.8 Å². The topological polar surface area (TPSA) is 91.2 Å². The van der Waals surface area contributed by atoms with Gasteiger partial charge in [-0.15, -0.1) is 0 Å². The molecule has 0 bridgehead atoms. The van der Waals surface area contributed by atoms with E-state index in [2.05, 4.69) is 41.2 Å². The maximum atomic E-state index is 13.5. The highest BCUT2D eigenvalue weighted by molar-refractivity contribution is 6.00. The van der Waals surface area contributed by atoms with Gasteiger partial charge in [0.15, 0.2) is 5.82 Å². The summed E-state index contributed by atoms with van der Waals surface area (Å²) in [5.74, 6) is 3.11. The Labute approximate surface area is 242 Å². The summed E-state index contributed by atoms with van der Waals surface area (Å²) < 4.78 is 10.3. The van der Waals surface area contributed by atoms with Gasteiger partial charge >= 0.3 is 0 Å². The number of nitrogens with two attached hydrogens (primary N) is 1. The molecule has 1 saturated carbocycles. The quantitative estimate of drug-likeness (QED) is 0.261. The number of imidazole rings is 1. The van der Waals surface area contributed by atoms with Crippen molar-refractivity contribution >= 4 is 28.0 Å². The lowest BCUT2D eigenvalue weighted by Crippen LogP contribution is -2.45. The molecule has 4 aromatic rings. The Morgan fingerprint density at radius 3 is 2.71 bits per heavy atom. The molecule has 2 atom stereocenters. The van der Waals surface area contributed by atoms with E-state index in [1.807, 2.05) is 24.1 Å². The second-order valence-corrected chi connectivity index (χ2v) is 12.4. The van der Waals surface area contributed by atoms with E-state index in [0.717, 1.165) is 84.0 Å². The van der Waals surface area contributed by atoms with Crippen LogP contribution >= 0.6 is 0 Å². The maximum absolute atomic E-state index is 13.5. The van der Waals surface area contributed by atoms with Crippen LogP contribution in [0.5, 0.6) is 5.75 Å². The van der Waals surface area contributed by atoms with Crippen molar-refractivity contribution < 1.29 is 9.53 Å². The van der Waals surface area contributed by atoms with Crippen LogP contribution in [0.3, 0.4) is 0 Å². The van der Waals surface area contributed by atoms with Crippen molar-refractivity contribution in [3.8, 4) is 17.3 Å². The number of methoxy groups -OCH3 is 1. The number of carbonyl (C=O) groups excluding carboxylic acids is 1. The zero-order valence-electron chi connectivity index (χ0n) is 25.0. The van der Waals surface area contributed by atoms with Crippen LogP contribution in [0.4, 0.5) is 0 Å². The molecule has 2 unspecified atom stereocenters. The van der Waals surface area contributed by atoms with E-state index in [1.165, 1.54) is 25.7 Å². The van der Waals surface area contributed by atoms with E-state index in [1.54, 1.807) is 7.11 Å². The molecule has 1 saturated heterocycles. The van der Waals surface area contributed by atoms with E-state index >= 15 is 0 Å². The summed E-state index contributed by atoms with van der Waals surface area (Å²) >= 11 is 0. The standard InChI is InChI=1S/C33H44N6O2/c1-5-26-13-12-23-18-28(39(31(23)35-26)16-14-21(2)8-9-22-10-11-22)32-36-27-17-24(19-29(41-4)30(27)37(32)3)33(40)38-15-6-7-25(34)20-38/h12-13,17-19,21-22,25H,5-11,14-16,20,34H2,1-4H3. The number of aromatic nitrogens is 4. The van der Waals surface area contributed by atoms with Crippen molar-refractivity contribution in [2.75, 3.05) is 20.2 Å². The molecule has 1 aliphatic carbocycles. The first-order valence-electron chi connectivity index (χ1n) is 15.4. The predicted molar refractivity (Wildman–Crippen MR) is 164 cm³/mol. The smallest absolute Gasteiger partial charge is 0.254 e. The minimum absolute atomic E-state index is 0.0156. The normalized spacial score (nSPS) is 18.4. The number of nitrogens with zero attached hydrogens (tertiary/aromatic N) is 5. The van der Waals surface area contributed by atoms with Gasteiger partial charge < -0.3 is 24.5 Å². The van der Waals surface area contributed by atoms with Gasteiger partial charge in [0.05, 0.1) is 18.3 Å². The molecule has 41 heavy (non-hydrogen) atoms. The Morgan fingerprint density at radius 1 is 1.15 bits per heavy atom. The Hall–Kier alpha value is -3.39. The molecule has 0 radical (unpaired) electrons. The Bertz CT molecular complexity index is 1570. The molecular weight excluding hydrogens is 512 g/mol. The number of likely N-dealkylation sites (tertiary alicyclic amines) is 1.